The fourth-order valence-electron chi connectivity index (χ4n) is 1.05. The van der Waals surface area contributed by atoms with Crippen LogP contribution in [0.25, 0.3) is 0 Å². The predicted octanol–water partition coefficient (Wildman–Crippen LogP) is 2.31. The van der Waals surface area contributed by atoms with Crippen molar-refractivity contribution in [3.8, 4) is 0 Å². The molecule has 1 unspecified atom stereocenters. The minimum atomic E-state index is 0.737. The van der Waals surface area contributed by atoms with E-state index in [0.717, 1.165) is 23.9 Å². The van der Waals surface area contributed by atoms with E-state index in [1.165, 1.54) is 6.42 Å². The summed E-state index contributed by atoms with van der Waals surface area (Å²) < 4.78 is 0. The molecule has 2 heteroatoms. The van der Waals surface area contributed by atoms with E-state index in [9.17, 15) is 0 Å². The van der Waals surface area contributed by atoms with Crippen LogP contribution in [0.15, 0.2) is 6.20 Å². The molecular weight excluding hydrogens is 136 g/mol. The van der Waals surface area contributed by atoms with E-state index in [-0.39, 0.29) is 0 Å². The monoisotopic (exact) mass is 152 g/mol. The topological polar surface area (TPSA) is 28.7 Å². The molecule has 0 aromatic carbocycles. The molecule has 0 bridgehead atoms. The minimum absolute atomic E-state index is 0.737. The molecular formula is C9H16N2. The molecule has 0 saturated heterocycles. The van der Waals surface area contributed by atoms with E-state index in [0.29, 0.717) is 0 Å². The Hall–Kier alpha value is -0.790. The number of aryl methyl sites for hydroxylation is 1. The highest BCUT2D eigenvalue weighted by Gasteiger charge is 2.02. The summed E-state index contributed by atoms with van der Waals surface area (Å²) in [6.45, 7) is 6.49. The first-order valence-corrected chi connectivity index (χ1v) is 4.22. The zero-order chi connectivity index (χ0) is 8.27. The zero-order valence-electron chi connectivity index (χ0n) is 7.52. The lowest BCUT2D eigenvalue weighted by Gasteiger charge is -2.03. The smallest absolute Gasteiger partial charge is 0.106 e. The molecule has 0 fully saturated rings. The lowest BCUT2D eigenvalue weighted by molar-refractivity contribution is 0.546. The van der Waals surface area contributed by atoms with Crippen LogP contribution in [0.1, 0.15) is 31.8 Å². The van der Waals surface area contributed by atoms with Crippen LogP contribution >= 0.6 is 0 Å². The van der Waals surface area contributed by atoms with Crippen molar-refractivity contribution in [1.82, 2.24) is 9.97 Å². The Labute approximate surface area is 68.0 Å². The van der Waals surface area contributed by atoms with Gasteiger partial charge in [0.25, 0.3) is 0 Å². The second kappa shape index (κ2) is 3.56. The van der Waals surface area contributed by atoms with Gasteiger partial charge in [-0.2, -0.15) is 0 Å². The van der Waals surface area contributed by atoms with Gasteiger partial charge in [0.1, 0.15) is 5.82 Å². The molecule has 1 atom stereocenters. The van der Waals surface area contributed by atoms with Crippen molar-refractivity contribution in [1.29, 1.82) is 0 Å². The number of nitrogens with zero attached hydrogens (tertiary/aromatic N) is 1. The molecule has 0 aliphatic carbocycles. The third kappa shape index (κ3) is 2.37. The van der Waals surface area contributed by atoms with E-state index in [1.54, 1.807) is 0 Å². The van der Waals surface area contributed by atoms with Gasteiger partial charge in [-0.15, -0.1) is 0 Å². The Morgan fingerprint density at radius 2 is 2.36 bits per heavy atom. The molecule has 0 saturated carbocycles. The van der Waals surface area contributed by atoms with Crippen molar-refractivity contribution in [2.75, 3.05) is 0 Å². The first-order valence-electron chi connectivity index (χ1n) is 4.22. The summed E-state index contributed by atoms with van der Waals surface area (Å²) in [4.78, 5) is 7.48. The highest BCUT2D eigenvalue weighted by atomic mass is 14.9. The quantitative estimate of drug-likeness (QED) is 0.707. The van der Waals surface area contributed by atoms with Crippen molar-refractivity contribution in [3.05, 3.63) is 17.7 Å². The molecule has 1 aromatic rings. The molecule has 62 valence electrons. The summed E-state index contributed by atoms with van der Waals surface area (Å²) in [5, 5.41) is 0. The van der Waals surface area contributed by atoms with Crippen molar-refractivity contribution < 1.29 is 0 Å². The van der Waals surface area contributed by atoms with E-state index in [4.69, 9.17) is 0 Å². The third-order valence-electron chi connectivity index (χ3n) is 1.99. The molecule has 1 N–H and O–H groups in total. The maximum atomic E-state index is 4.25. The van der Waals surface area contributed by atoms with Gasteiger partial charge in [0.2, 0.25) is 0 Å². The van der Waals surface area contributed by atoms with Gasteiger partial charge in [-0.1, -0.05) is 20.3 Å². The average Bonchev–Trinajstić information content (AvgIpc) is 2.35. The van der Waals surface area contributed by atoms with Crippen LogP contribution < -0.4 is 0 Å². The van der Waals surface area contributed by atoms with E-state index >= 15 is 0 Å². The number of hydrogen-bond acceptors (Lipinski definition) is 1. The number of imidazole rings is 1. The van der Waals surface area contributed by atoms with Crippen molar-refractivity contribution in [2.24, 2.45) is 5.92 Å². The van der Waals surface area contributed by atoms with Crippen LogP contribution in [0.3, 0.4) is 0 Å². The first-order chi connectivity index (χ1) is 5.22. The summed E-state index contributed by atoms with van der Waals surface area (Å²) in [6.07, 6.45) is 4.18. The van der Waals surface area contributed by atoms with Gasteiger partial charge in [0.15, 0.2) is 0 Å². The van der Waals surface area contributed by atoms with Crippen LogP contribution in [0, 0.1) is 12.8 Å². The number of H-pyrrole nitrogens is 1. The predicted molar refractivity (Wildman–Crippen MR) is 46.5 cm³/mol. The highest BCUT2D eigenvalue weighted by Crippen LogP contribution is 2.07. The second-order valence-corrected chi connectivity index (χ2v) is 3.23. The van der Waals surface area contributed by atoms with Gasteiger partial charge >= 0.3 is 0 Å². The van der Waals surface area contributed by atoms with Crippen LogP contribution in [0.2, 0.25) is 0 Å². The third-order valence-corrected chi connectivity index (χ3v) is 1.99. The maximum absolute atomic E-state index is 4.25. The SMILES string of the molecule is CCC(C)Cc1ncc(C)[nH]1. The fraction of sp³-hybridized carbons (Fsp3) is 0.667. The highest BCUT2D eigenvalue weighted by molar-refractivity contribution is 4.98. The average molecular weight is 152 g/mol. The number of rotatable bonds is 3. The normalized spacial score (nSPS) is 13.4. The molecule has 0 spiro atoms. The summed E-state index contributed by atoms with van der Waals surface area (Å²) in [6, 6.07) is 0. The molecule has 2 nitrogen and oxygen atoms in total. The van der Waals surface area contributed by atoms with Gasteiger partial charge in [0.05, 0.1) is 0 Å². The van der Waals surface area contributed by atoms with E-state index in [2.05, 4.69) is 23.8 Å². The first kappa shape index (κ1) is 8.31. The lowest BCUT2D eigenvalue weighted by Crippen LogP contribution is -1.99. The Bertz CT molecular complexity index is 215. The molecule has 1 aromatic heterocycles. The van der Waals surface area contributed by atoms with Crippen LogP contribution in [0.5, 0.6) is 0 Å². The molecule has 1 heterocycles. The Kier molecular flexibility index (Phi) is 2.69. The molecule has 0 aliphatic heterocycles. The zero-order valence-corrected chi connectivity index (χ0v) is 7.52. The summed E-state index contributed by atoms with van der Waals surface area (Å²) in [5.74, 6) is 1.86. The fourth-order valence-corrected chi connectivity index (χ4v) is 1.05. The number of nitrogens with one attached hydrogen (secondary N) is 1. The molecule has 0 radical (unpaired) electrons. The largest absolute Gasteiger partial charge is 0.346 e. The minimum Gasteiger partial charge on any atom is -0.346 e. The van der Waals surface area contributed by atoms with Gasteiger partial charge in [-0.05, 0) is 12.8 Å². The van der Waals surface area contributed by atoms with Gasteiger partial charge < -0.3 is 4.98 Å². The van der Waals surface area contributed by atoms with Gasteiger partial charge in [-0.3, -0.25) is 0 Å². The van der Waals surface area contributed by atoms with E-state index < -0.39 is 0 Å². The maximum Gasteiger partial charge on any atom is 0.106 e. The van der Waals surface area contributed by atoms with Gasteiger partial charge in [-0.25, -0.2) is 4.98 Å². The summed E-state index contributed by atoms with van der Waals surface area (Å²) in [5.41, 5.74) is 1.16. The molecule has 11 heavy (non-hydrogen) atoms. The standard InChI is InChI=1S/C9H16N2/c1-4-7(2)5-9-10-6-8(3)11-9/h6-7H,4-5H2,1-3H3,(H,10,11). The molecule has 0 aliphatic rings. The van der Waals surface area contributed by atoms with Crippen molar-refractivity contribution in [3.63, 3.8) is 0 Å². The molecule has 1 rings (SSSR count). The van der Waals surface area contributed by atoms with Crippen molar-refractivity contribution >= 4 is 0 Å². The summed E-state index contributed by atoms with van der Waals surface area (Å²) in [7, 11) is 0. The van der Waals surface area contributed by atoms with Gasteiger partial charge in [0, 0.05) is 18.3 Å². The second-order valence-electron chi connectivity index (χ2n) is 3.23. The van der Waals surface area contributed by atoms with Crippen LogP contribution in [0.4, 0.5) is 0 Å². The Morgan fingerprint density at radius 1 is 1.64 bits per heavy atom. The molecule has 0 amide bonds. The number of aromatic amines is 1. The summed E-state index contributed by atoms with van der Waals surface area (Å²) >= 11 is 0. The number of hydrogen-bond donors (Lipinski definition) is 1. The Balaban J connectivity index is 2.50. The van der Waals surface area contributed by atoms with Crippen LogP contribution in [-0.4, -0.2) is 9.97 Å². The van der Waals surface area contributed by atoms with Crippen LogP contribution in [-0.2, 0) is 6.42 Å². The Morgan fingerprint density at radius 3 is 2.82 bits per heavy atom. The lowest BCUT2D eigenvalue weighted by atomic mass is 10.1. The number of aromatic nitrogens is 2. The van der Waals surface area contributed by atoms with E-state index in [1.807, 2.05) is 13.1 Å². The van der Waals surface area contributed by atoms with Crippen molar-refractivity contribution in [2.45, 2.75) is 33.6 Å².